The van der Waals surface area contributed by atoms with Crippen LogP contribution in [-0.4, -0.2) is 87.7 Å². The van der Waals surface area contributed by atoms with Crippen molar-refractivity contribution in [2.75, 3.05) is 60.0 Å². The van der Waals surface area contributed by atoms with E-state index in [9.17, 15) is 4.79 Å². The zero-order valence-electron chi connectivity index (χ0n) is 19.5. The van der Waals surface area contributed by atoms with E-state index in [0.717, 1.165) is 52.2 Å². The van der Waals surface area contributed by atoms with Gasteiger partial charge in [0.25, 0.3) is 0 Å². The van der Waals surface area contributed by atoms with Crippen molar-refractivity contribution in [2.45, 2.75) is 32.7 Å². The first kappa shape index (κ1) is 27.6. The molecule has 1 aromatic rings. The monoisotopic (exact) mass is 545 g/mol. The second-order valence-electron chi connectivity index (χ2n) is 8.43. The van der Waals surface area contributed by atoms with E-state index < -0.39 is 0 Å². The lowest BCUT2D eigenvalue weighted by Gasteiger charge is -2.35. The molecule has 2 N–H and O–H groups in total. The number of carbonyl (C=O) groups excluding carboxylic acids is 1. The highest BCUT2D eigenvalue weighted by atomic mass is 127. The van der Waals surface area contributed by atoms with Crippen molar-refractivity contribution in [3.63, 3.8) is 0 Å². The standard InChI is InChI=1S/C23H39N5O2.HI/c1-19(2)16-21(28-12-14-30-15-13-28)17-25-23(26-18-22(29)27(3)4)24-11-10-20-8-6-5-7-9-20;/h5-9,19,21H,10-18H2,1-4H3,(H2,24,25,26);1H. The molecule has 0 radical (unpaired) electrons. The number of ether oxygens (including phenoxy) is 1. The summed E-state index contributed by atoms with van der Waals surface area (Å²) in [4.78, 5) is 20.6. The predicted octanol–water partition coefficient (Wildman–Crippen LogP) is 2.22. The maximum Gasteiger partial charge on any atom is 0.243 e. The van der Waals surface area contributed by atoms with Crippen molar-refractivity contribution >= 4 is 35.8 Å². The fourth-order valence-electron chi connectivity index (χ4n) is 3.50. The molecule has 31 heavy (non-hydrogen) atoms. The minimum atomic E-state index is -0.00827. The highest BCUT2D eigenvalue weighted by molar-refractivity contribution is 14.0. The first-order valence-corrected chi connectivity index (χ1v) is 11.0. The summed E-state index contributed by atoms with van der Waals surface area (Å²) in [6.07, 6.45) is 2.02. The third kappa shape index (κ3) is 11.2. The quantitative estimate of drug-likeness (QED) is 0.268. The number of carbonyl (C=O) groups is 1. The molecule has 0 aliphatic carbocycles. The molecule has 1 aliphatic rings. The molecule has 0 bridgehead atoms. The molecule has 1 unspecified atom stereocenters. The molecule has 1 saturated heterocycles. The van der Waals surface area contributed by atoms with Crippen molar-refractivity contribution in [1.29, 1.82) is 0 Å². The molecule has 8 heteroatoms. The van der Waals surface area contributed by atoms with E-state index in [4.69, 9.17) is 4.74 Å². The fraction of sp³-hybridized carbons (Fsp3) is 0.652. The van der Waals surface area contributed by atoms with Gasteiger partial charge in [0.1, 0.15) is 6.54 Å². The second-order valence-corrected chi connectivity index (χ2v) is 8.43. The van der Waals surface area contributed by atoms with Gasteiger partial charge in [-0.1, -0.05) is 44.2 Å². The number of hydrogen-bond acceptors (Lipinski definition) is 4. The largest absolute Gasteiger partial charge is 0.379 e. The number of guanidine groups is 1. The van der Waals surface area contributed by atoms with E-state index in [-0.39, 0.29) is 36.4 Å². The van der Waals surface area contributed by atoms with Crippen LogP contribution in [0.15, 0.2) is 35.3 Å². The third-order valence-electron chi connectivity index (χ3n) is 5.23. The van der Waals surface area contributed by atoms with E-state index in [1.165, 1.54) is 5.56 Å². The van der Waals surface area contributed by atoms with Gasteiger partial charge in [-0.3, -0.25) is 9.69 Å². The van der Waals surface area contributed by atoms with Crippen LogP contribution in [0.3, 0.4) is 0 Å². The van der Waals surface area contributed by atoms with Gasteiger partial charge in [0, 0.05) is 46.3 Å². The maximum atomic E-state index is 12.0. The Balaban J connectivity index is 0.00000480. The lowest BCUT2D eigenvalue weighted by molar-refractivity contribution is -0.127. The van der Waals surface area contributed by atoms with E-state index in [2.05, 4.69) is 58.6 Å². The molecule has 1 aromatic carbocycles. The Kier molecular flexibility index (Phi) is 13.7. The minimum Gasteiger partial charge on any atom is -0.379 e. The molecule has 0 saturated carbocycles. The molecule has 1 amide bonds. The van der Waals surface area contributed by atoms with Crippen molar-refractivity contribution in [3.8, 4) is 0 Å². The predicted molar refractivity (Wildman–Crippen MR) is 138 cm³/mol. The Labute approximate surface area is 205 Å². The van der Waals surface area contributed by atoms with Gasteiger partial charge in [-0.15, -0.1) is 24.0 Å². The van der Waals surface area contributed by atoms with Crippen molar-refractivity contribution in [2.24, 2.45) is 10.9 Å². The molecule has 0 aromatic heterocycles. The summed E-state index contributed by atoms with van der Waals surface area (Å²) >= 11 is 0. The van der Waals surface area contributed by atoms with E-state index in [0.29, 0.717) is 17.9 Å². The van der Waals surface area contributed by atoms with Crippen LogP contribution in [0.2, 0.25) is 0 Å². The summed E-state index contributed by atoms with van der Waals surface area (Å²) in [6.45, 7) is 9.74. The van der Waals surface area contributed by atoms with Gasteiger partial charge < -0.3 is 20.3 Å². The van der Waals surface area contributed by atoms with Gasteiger partial charge in [-0.2, -0.15) is 0 Å². The summed E-state index contributed by atoms with van der Waals surface area (Å²) < 4.78 is 5.52. The Morgan fingerprint density at radius 2 is 1.84 bits per heavy atom. The summed E-state index contributed by atoms with van der Waals surface area (Å²) in [7, 11) is 3.51. The Bertz CT molecular complexity index is 649. The van der Waals surface area contributed by atoms with Gasteiger partial charge >= 0.3 is 0 Å². The average Bonchev–Trinajstić information content (AvgIpc) is 2.75. The fourth-order valence-corrected chi connectivity index (χ4v) is 3.50. The molecule has 176 valence electrons. The van der Waals surface area contributed by atoms with Crippen LogP contribution in [0, 0.1) is 5.92 Å². The van der Waals surface area contributed by atoms with Crippen LogP contribution in [0.5, 0.6) is 0 Å². The number of nitrogens with zero attached hydrogens (tertiary/aromatic N) is 3. The molecule has 0 spiro atoms. The summed E-state index contributed by atoms with van der Waals surface area (Å²) in [5.41, 5.74) is 1.28. The smallest absolute Gasteiger partial charge is 0.243 e. The normalized spacial score (nSPS) is 15.8. The Morgan fingerprint density at radius 1 is 1.16 bits per heavy atom. The molecule has 2 rings (SSSR count). The van der Waals surface area contributed by atoms with Crippen molar-refractivity contribution < 1.29 is 9.53 Å². The number of benzene rings is 1. The average molecular weight is 546 g/mol. The van der Waals surface area contributed by atoms with Gasteiger partial charge in [0.2, 0.25) is 5.91 Å². The van der Waals surface area contributed by atoms with Gasteiger partial charge in [-0.05, 0) is 24.3 Å². The van der Waals surface area contributed by atoms with Gasteiger partial charge in [0.05, 0.1) is 13.2 Å². The number of halogens is 1. The number of morpholine rings is 1. The van der Waals surface area contributed by atoms with Crippen LogP contribution in [0.1, 0.15) is 25.8 Å². The second kappa shape index (κ2) is 15.4. The van der Waals surface area contributed by atoms with Crippen molar-refractivity contribution in [3.05, 3.63) is 35.9 Å². The van der Waals surface area contributed by atoms with E-state index >= 15 is 0 Å². The molecule has 7 nitrogen and oxygen atoms in total. The van der Waals surface area contributed by atoms with Crippen molar-refractivity contribution in [1.82, 2.24) is 20.4 Å². The summed E-state index contributed by atoms with van der Waals surface area (Å²) in [5, 5.41) is 6.89. The van der Waals surface area contributed by atoms with Crippen LogP contribution >= 0.6 is 24.0 Å². The lowest BCUT2D eigenvalue weighted by atomic mass is 10.0. The molecular weight excluding hydrogens is 505 g/mol. The van der Waals surface area contributed by atoms with E-state index in [1.807, 2.05) is 6.07 Å². The Hall–Kier alpha value is -1.39. The number of nitrogens with one attached hydrogen (secondary N) is 2. The SMILES string of the molecule is CC(C)CC(CNC(=NCC(=O)N(C)C)NCCc1ccccc1)N1CCOCC1.I. The number of hydrogen-bond donors (Lipinski definition) is 2. The first-order valence-electron chi connectivity index (χ1n) is 11.0. The van der Waals surface area contributed by atoms with Gasteiger partial charge in [0.15, 0.2) is 5.96 Å². The van der Waals surface area contributed by atoms with Crippen LogP contribution in [0.4, 0.5) is 0 Å². The zero-order valence-corrected chi connectivity index (χ0v) is 21.8. The van der Waals surface area contributed by atoms with Gasteiger partial charge in [-0.25, -0.2) is 4.99 Å². The lowest BCUT2D eigenvalue weighted by Crippen LogP contribution is -2.51. The number of likely N-dealkylation sites (N-methyl/N-ethyl adjacent to an activating group) is 1. The van der Waals surface area contributed by atoms with Crippen LogP contribution in [-0.2, 0) is 16.0 Å². The number of rotatable bonds is 10. The molecular formula is C23H40IN5O2. The highest BCUT2D eigenvalue weighted by Crippen LogP contribution is 2.13. The summed E-state index contributed by atoms with van der Waals surface area (Å²) in [5.74, 6) is 1.30. The van der Waals surface area contributed by atoms with Crippen LogP contribution in [0.25, 0.3) is 0 Å². The van der Waals surface area contributed by atoms with Crippen LogP contribution < -0.4 is 10.6 Å². The minimum absolute atomic E-state index is 0. The molecule has 1 aliphatic heterocycles. The topological polar surface area (TPSA) is 69.2 Å². The number of amides is 1. The highest BCUT2D eigenvalue weighted by Gasteiger charge is 2.22. The zero-order chi connectivity index (χ0) is 21.8. The molecule has 1 atom stereocenters. The third-order valence-corrected chi connectivity index (χ3v) is 5.23. The maximum absolute atomic E-state index is 12.0. The van der Waals surface area contributed by atoms with E-state index in [1.54, 1.807) is 19.0 Å². The number of aliphatic imine (C=N–C) groups is 1. The molecule has 1 heterocycles. The Morgan fingerprint density at radius 3 is 2.45 bits per heavy atom. The summed E-state index contributed by atoms with van der Waals surface area (Å²) in [6, 6.07) is 10.8. The first-order chi connectivity index (χ1) is 14.5. The molecule has 1 fully saturated rings.